The number of aliphatic hydroxyl groups is 8. The number of aromatic hydroxyl groups is 3. The molecule has 6 rings (SSSR count). The SMILES string of the molecule is C[C@@H]1O[C@H](OC[C@H]2O[C@@H](Oc3c(-c4ccc(O)cc4)oc4cc(O)cc(O)c4c3=O)[C@H](O[C@@H]3OC[C@@H](O)[C@H](O)[C@H]3O)[C@@H](O)[C@@H]2O)[C@H](O)[C@H](O)[C@H]1O. The Bertz CT molecular complexity index is 1730. The molecule has 3 aromatic rings. The normalized spacial score (nSPS) is 37.4. The molecule has 0 aliphatic carbocycles. The Labute approximate surface area is 287 Å². The number of rotatable bonds is 8. The number of benzene rings is 2. The maximum atomic E-state index is 14.0. The van der Waals surface area contributed by atoms with E-state index < -0.39 is 127 Å². The van der Waals surface area contributed by atoms with Crippen molar-refractivity contribution in [2.45, 2.75) is 92.9 Å². The van der Waals surface area contributed by atoms with E-state index in [0.717, 1.165) is 12.1 Å². The van der Waals surface area contributed by atoms with Crippen LogP contribution in [0.3, 0.4) is 0 Å². The van der Waals surface area contributed by atoms with Crippen molar-refractivity contribution in [3.05, 3.63) is 46.6 Å². The van der Waals surface area contributed by atoms with Crippen LogP contribution in [0.25, 0.3) is 22.3 Å². The van der Waals surface area contributed by atoms with Gasteiger partial charge in [0.1, 0.15) is 83.2 Å². The second kappa shape index (κ2) is 14.8. The van der Waals surface area contributed by atoms with Gasteiger partial charge >= 0.3 is 0 Å². The summed E-state index contributed by atoms with van der Waals surface area (Å²) in [6.45, 7) is 0.243. The standard InChI is InChI=1S/C32H38O19/c1-10-19(37)23(41)26(44)30(47-10)46-9-17-21(39)24(42)29(51-31-25(43)20(38)15(36)8-45-31)32(49-17)50-28-22(40)18-14(35)6-13(34)7-16(18)48-27(28)11-2-4-12(33)5-3-11/h2-7,10,15,17,19-21,23-26,29-39,41-44H,8-9H2,1H3/t10-,15+,17+,19-,20-,21+,23+,24-,25+,26+,29+,30-,31-,32-/m0/s1. The summed E-state index contributed by atoms with van der Waals surface area (Å²) in [7, 11) is 0. The molecule has 3 aliphatic rings. The van der Waals surface area contributed by atoms with Crippen molar-refractivity contribution < 1.29 is 89.0 Å². The van der Waals surface area contributed by atoms with Crippen LogP contribution in [0.15, 0.2) is 45.6 Å². The Kier molecular flexibility index (Phi) is 10.7. The number of aliphatic hydroxyl groups excluding tert-OH is 8. The summed E-state index contributed by atoms with van der Waals surface area (Å²) < 4.78 is 39.9. The molecule has 3 fully saturated rings. The monoisotopic (exact) mass is 726 g/mol. The van der Waals surface area contributed by atoms with E-state index in [4.69, 9.17) is 32.8 Å². The van der Waals surface area contributed by atoms with E-state index >= 15 is 0 Å². The summed E-state index contributed by atoms with van der Waals surface area (Å²) in [4.78, 5) is 14.0. The number of hydrogen-bond donors (Lipinski definition) is 11. The molecule has 0 radical (unpaired) electrons. The molecule has 2 aromatic carbocycles. The van der Waals surface area contributed by atoms with Gasteiger partial charge in [0.25, 0.3) is 0 Å². The first-order valence-electron chi connectivity index (χ1n) is 15.8. The van der Waals surface area contributed by atoms with Crippen LogP contribution in [0, 0.1) is 0 Å². The number of phenols is 3. The highest BCUT2D eigenvalue weighted by molar-refractivity contribution is 5.88. The Balaban J connectivity index is 1.38. The minimum atomic E-state index is -1.99. The van der Waals surface area contributed by atoms with Crippen molar-refractivity contribution in [1.82, 2.24) is 0 Å². The predicted octanol–water partition coefficient (Wildman–Crippen LogP) is -2.93. The molecule has 0 amide bonds. The Morgan fingerprint density at radius 1 is 0.745 bits per heavy atom. The maximum Gasteiger partial charge on any atom is 0.239 e. The maximum absolute atomic E-state index is 14.0. The highest BCUT2D eigenvalue weighted by Crippen LogP contribution is 2.38. The minimum Gasteiger partial charge on any atom is -0.508 e. The van der Waals surface area contributed by atoms with Crippen LogP contribution in [-0.2, 0) is 23.7 Å². The molecular formula is C32H38O19. The van der Waals surface area contributed by atoms with E-state index in [2.05, 4.69) is 0 Å². The summed E-state index contributed by atoms with van der Waals surface area (Å²) in [6, 6.07) is 7.15. The first-order chi connectivity index (χ1) is 24.2. The van der Waals surface area contributed by atoms with Crippen LogP contribution < -0.4 is 10.2 Å². The molecule has 3 aliphatic heterocycles. The molecule has 0 unspecified atom stereocenters. The van der Waals surface area contributed by atoms with Crippen molar-refractivity contribution in [2.75, 3.05) is 13.2 Å². The van der Waals surface area contributed by atoms with Gasteiger partial charge in [-0.1, -0.05) is 0 Å². The predicted molar refractivity (Wildman–Crippen MR) is 165 cm³/mol. The number of hydrogen-bond acceptors (Lipinski definition) is 19. The zero-order valence-corrected chi connectivity index (χ0v) is 26.6. The van der Waals surface area contributed by atoms with E-state index in [1.165, 1.54) is 31.2 Å². The van der Waals surface area contributed by atoms with Crippen molar-refractivity contribution >= 4 is 11.0 Å². The van der Waals surface area contributed by atoms with Crippen molar-refractivity contribution in [1.29, 1.82) is 0 Å². The van der Waals surface area contributed by atoms with Crippen LogP contribution in [0.2, 0.25) is 0 Å². The topological polar surface area (TPSA) is 308 Å². The number of phenolic OH excluding ortho intramolecular Hbond substituents is 3. The zero-order chi connectivity index (χ0) is 36.9. The summed E-state index contributed by atoms with van der Waals surface area (Å²) in [5, 5.41) is 114. The molecule has 280 valence electrons. The highest BCUT2D eigenvalue weighted by atomic mass is 16.8. The van der Waals surface area contributed by atoms with Gasteiger partial charge in [0.05, 0.1) is 19.3 Å². The molecule has 11 N–H and O–H groups in total. The molecule has 0 bridgehead atoms. The zero-order valence-electron chi connectivity index (χ0n) is 26.6. The van der Waals surface area contributed by atoms with Gasteiger partial charge in [-0.15, -0.1) is 0 Å². The molecule has 0 saturated carbocycles. The summed E-state index contributed by atoms with van der Waals surface area (Å²) >= 11 is 0. The van der Waals surface area contributed by atoms with Gasteiger partial charge in [0, 0.05) is 17.7 Å². The van der Waals surface area contributed by atoms with Gasteiger partial charge < -0.3 is 89.0 Å². The van der Waals surface area contributed by atoms with E-state index in [9.17, 15) is 61.0 Å². The third-order valence-corrected chi connectivity index (χ3v) is 8.90. The number of fused-ring (bicyclic) bond motifs is 1. The van der Waals surface area contributed by atoms with E-state index in [-0.39, 0.29) is 22.7 Å². The second-order valence-corrected chi connectivity index (χ2v) is 12.5. The van der Waals surface area contributed by atoms with Crippen LogP contribution in [0.5, 0.6) is 23.0 Å². The molecule has 14 atom stereocenters. The van der Waals surface area contributed by atoms with Gasteiger partial charge in [0.2, 0.25) is 17.5 Å². The smallest absolute Gasteiger partial charge is 0.239 e. The molecular weight excluding hydrogens is 688 g/mol. The Hall–Kier alpha value is -3.67. The summed E-state index contributed by atoms with van der Waals surface area (Å²) in [5.74, 6) is -2.27. The first kappa shape index (κ1) is 37.1. The fourth-order valence-corrected chi connectivity index (χ4v) is 5.97. The number of ether oxygens (including phenoxy) is 6. The highest BCUT2D eigenvalue weighted by Gasteiger charge is 2.51. The molecule has 19 nitrogen and oxygen atoms in total. The lowest BCUT2D eigenvalue weighted by atomic mass is 9.98. The van der Waals surface area contributed by atoms with Crippen molar-refractivity contribution in [2.24, 2.45) is 0 Å². The minimum absolute atomic E-state index is 0.139. The van der Waals surface area contributed by atoms with Crippen molar-refractivity contribution in [3.63, 3.8) is 0 Å². The third kappa shape index (κ3) is 7.22. The molecule has 51 heavy (non-hydrogen) atoms. The average molecular weight is 727 g/mol. The Morgan fingerprint density at radius 2 is 1.43 bits per heavy atom. The van der Waals surface area contributed by atoms with Crippen molar-refractivity contribution in [3.8, 4) is 34.3 Å². The lowest BCUT2D eigenvalue weighted by Gasteiger charge is -2.45. The third-order valence-electron chi connectivity index (χ3n) is 8.90. The lowest BCUT2D eigenvalue weighted by molar-refractivity contribution is -0.352. The lowest BCUT2D eigenvalue weighted by Crippen LogP contribution is -2.64. The van der Waals surface area contributed by atoms with Gasteiger partial charge in [-0.05, 0) is 31.2 Å². The van der Waals surface area contributed by atoms with Gasteiger partial charge in [-0.2, -0.15) is 0 Å². The quantitative estimate of drug-likeness (QED) is 0.111. The van der Waals surface area contributed by atoms with Gasteiger partial charge in [-0.3, -0.25) is 4.79 Å². The summed E-state index contributed by atoms with van der Waals surface area (Å²) in [6.07, 6.45) is -23.4. The van der Waals surface area contributed by atoms with E-state index in [0.29, 0.717) is 0 Å². The van der Waals surface area contributed by atoms with Crippen LogP contribution in [0.1, 0.15) is 6.92 Å². The van der Waals surface area contributed by atoms with Crippen LogP contribution in [-0.4, -0.2) is 155 Å². The molecule has 1 aromatic heterocycles. The second-order valence-electron chi connectivity index (χ2n) is 12.5. The van der Waals surface area contributed by atoms with E-state index in [1.807, 2.05) is 0 Å². The molecule has 3 saturated heterocycles. The summed E-state index contributed by atoms with van der Waals surface area (Å²) in [5.41, 5.74) is -1.15. The fourth-order valence-electron chi connectivity index (χ4n) is 5.97. The molecule has 19 heteroatoms. The van der Waals surface area contributed by atoms with Crippen LogP contribution in [0.4, 0.5) is 0 Å². The average Bonchev–Trinajstić information content (AvgIpc) is 3.09. The van der Waals surface area contributed by atoms with E-state index in [1.54, 1.807) is 0 Å². The first-order valence-corrected chi connectivity index (χ1v) is 15.8. The fraction of sp³-hybridized carbons (Fsp3) is 0.531. The molecule has 4 heterocycles. The Morgan fingerprint density at radius 3 is 2.14 bits per heavy atom. The van der Waals surface area contributed by atoms with Gasteiger partial charge in [0.15, 0.2) is 24.4 Å². The largest absolute Gasteiger partial charge is 0.508 e. The van der Waals surface area contributed by atoms with Crippen LogP contribution >= 0.6 is 0 Å². The molecule has 0 spiro atoms. The van der Waals surface area contributed by atoms with Gasteiger partial charge in [-0.25, -0.2) is 0 Å².